The van der Waals surface area contributed by atoms with E-state index in [1.807, 2.05) is 6.92 Å². The predicted octanol–water partition coefficient (Wildman–Crippen LogP) is 1.24. The molecule has 3 nitrogen and oxygen atoms in total. The Labute approximate surface area is 79.5 Å². The molecular weight excluding hydrogens is 166 g/mol. The molecule has 3 heteroatoms. The molecule has 0 amide bonds. The van der Waals surface area contributed by atoms with Crippen LogP contribution in [0.3, 0.4) is 0 Å². The van der Waals surface area contributed by atoms with E-state index in [-0.39, 0.29) is 12.5 Å². The molecule has 1 unspecified atom stereocenters. The average molecular weight is 183 g/mol. The van der Waals surface area contributed by atoms with E-state index in [1.54, 1.807) is 0 Å². The number of terminal acetylenes is 1. The molecule has 1 atom stereocenters. The normalized spacial score (nSPS) is 12.0. The summed E-state index contributed by atoms with van der Waals surface area (Å²) in [5.74, 6) is 1.89. The van der Waals surface area contributed by atoms with Gasteiger partial charge in [0.25, 0.3) is 0 Å². The van der Waals surface area contributed by atoms with Crippen molar-refractivity contribution < 1.29 is 9.90 Å². The number of nitrogens with one attached hydrogen (secondary N) is 1. The van der Waals surface area contributed by atoms with Crippen LogP contribution in [0.4, 0.5) is 0 Å². The Morgan fingerprint density at radius 2 is 2.31 bits per heavy atom. The molecule has 0 spiro atoms. The molecule has 0 aliphatic heterocycles. The second-order valence-corrected chi connectivity index (χ2v) is 2.93. The molecule has 0 saturated carbocycles. The minimum absolute atomic E-state index is 0.129. The molecule has 0 radical (unpaired) electrons. The van der Waals surface area contributed by atoms with Crippen LogP contribution >= 0.6 is 0 Å². The van der Waals surface area contributed by atoms with Gasteiger partial charge in [-0.05, 0) is 25.8 Å². The lowest BCUT2D eigenvalue weighted by atomic mass is 10.2. The van der Waals surface area contributed by atoms with Gasteiger partial charge in [-0.1, -0.05) is 12.8 Å². The highest BCUT2D eigenvalue weighted by molar-refractivity contribution is 5.66. The van der Waals surface area contributed by atoms with Crippen LogP contribution in [0.1, 0.15) is 32.6 Å². The summed E-state index contributed by atoms with van der Waals surface area (Å²) in [5, 5.41) is 11.5. The van der Waals surface area contributed by atoms with Crippen LogP contribution in [0.2, 0.25) is 0 Å². The van der Waals surface area contributed by atoms with Gasteiger partial charge in [0.05, 0.1) is 6.04 Å². The topological polar surface area (TPSA) is 49.3 Å². The standard InChI is InChI=1S/C10H17NO2/c1-3-9(4-2)11-8-6-5-7-10(12)13/h1,9,11H,4-8H2,2H3,(H,12,13). The molecule has 0 saturated heterocycles. The maximum Gasteiger partial charge on any atom is 0.303 e. The number of hydrogen-bond donors (Lipinski definition) is 2. The third-order valence-corrected chi connectivity index (χ3v) is 1.82. The summed E-state index contributed by atoms with van der Waals surface area (Å²) in [6.07, 6.45) is 7.97. The maximum absolute atomic E-state index is 10.2. The second-order valence-electron chi connectivity index (χ2n) is 2.93. The first-order valence-electron chi connectivity index (χ1n) is 4.62. The third kappa shape index (κ3) is 7.35. The fourth-order valence-corrected chi connectivity index (χ4v) is 0.999. The van der Waals surface area contributed by atoms with Crippen molar-refractivity contribution in [3.05, 3.63) is 0 Å². The molecule has 0 fully saturated rings. The molecule has 0 aliphatic carbocycles. The van der Waals surface area contributed by atoms with E-state index in [2.05, 4.69) is 11.2 Å². The van der Waals surface area contributed by atoms with E-state index < -0.39 is 5.97 Å². The number of carboxylic acid groups (broad SMARTS) is 1. The zero-order valence-corrected chi connectivity index (χ0v) is 8.05. The van der Waals surface area contributed by atoms with E-state index in [4.69, 9.17) is 11.5 Å². The molecule has 0 heterocycles. The van der Waals surface area contributed by atoms with Gasteiger partial charge in [-0.2, -0.15) is 0 Å². The molecule has 0 aromatic carbocycles. The average Bonchev–Trinajstić information content (AvgIpc) is 2.11. The molecule has 0 rings (SSSR count). The number of rotatable bonds is 7. The predicted molar refractivity (Wildman–Crippen MR) is 52.4 cm³/mol. The van der Waals surface area contributed by atoms with Gasteiger partial charge in [0.15, 0.2) is 0 Å². The highest BCUT2D eigenvalue weighted by Gasteiger charge is 2.00. The summed E-state index contributed by atoms with van der Waals surface area (Å²) >= 11 is 0. The highest BCUT2D eigenvalue weighted by Crippen LogP contribution is 1.95. The number of hydrogen-bond acceptors (Lipinski definition) is 2. The van der Waals surface area contributed by atoms with Crippen molar-refractivity contribution in [1.29, 1.82) is 0 Å². The molecule has 0 aromatic heterocycles. The van der Waals surface area contributed by atoms with Crippen LogP contribution in [0.15, 0.2) is 0 Å². The van der Waals surface area contributed by atoms with Gasteiger partial charge in [-0.3, -0.25) is 4.79 Å². The first-order valence-corrected chi connectivity index (χ1v) is 4.62. The fourth-order valence-electron chi connectivity index (χ4n) is 0.999. The minimum atomic E-state index is -0.732. The van der Waals surface area contributed by atoms with Crippen LogP contribution in [-0.2, 0) is 4.79 Å². The smallest absolute Gasteiger partial charge is 0.303 e. The summed E-state index contributed by atoms with van der Waals surface area (Å²) in [7, 11) is 0. The monoisotopic (exact) mass is 183 g/mol. The van der Waals surface area contributed by atoms with E-state index in [0.717, 1.165) is 19.4 Å². The van der Waals surface area contributed by atoms with Crippen LogP contribution in [0, 0.1) is 12.3 Å². The van der Waals surface area contributed by atoms with Crippen molar-refractivity contribution in [2.24, 2.45) is 0 Å². The van der Waals surface area contributed by atoms with Crippen molar-refractivity contribution in [2.45, 2.75) is 38.6 Å². The lowest BCUT2D eigenvalue weighted by Gasteiger charge is -2.09. The largest absolute Gasteiger partial charge is 0.481 e. The first-order chi connectivity index (χ1) is 6.20. The zero-order chi connectivity index (χ0) is 10.1. The molecule has 13 heavy (non-hydrogen) atoms. The van der Waals surface area contributed by atoms with Gasteiger partial charge < -0.3 is 10.4 Å². The fraction of sp³-hybridized carbons (Fsp3) is 0.700. The first kappa shape index (κ1) is 12.0. The Kier molecular flexibility index (Phi) is 7.04. The zero-order valence-electron chi connectivity index (χ0n) is 8.05. The second kappa shape index (κ2) is 7.63. The van der Waals surface area contributed by atoms with Crippen molar-refractivity contribution in [3.63, 3.8) is 0 Å². The summed E-state index contributed by atoms with van der Waals surface area (Å²) in [5.41, 5.74) is 0. The SMILES string of the molecule is C#CC(CC)NCCCCC(=O)O. The summed E-state index contributed by atoms with van der Waals surface area (Å²) in [4.78, 5) is 10.2. The van der Waals surface area contributed by atoms with Crippen LogP contribution in [-0.4, -0.2) is 23.7 Å². The van der Waals surface area contributed by atoms with E-state index in [1.165, 1.54) is 0 Å². The van der Waals surface area contributed by atoms with Crippen LogP contribution < -0.4 is 5.32 Å². The molecule has 0 aliphatic rings. The van der Waals surface area contributed by atoms with Gasteiger partial charge >= 0.3 is 5.97 Å². The summed E-state index contributed by atoms with van der Waals surface area (Å²) < 4.78 is 0. The molecule has 0 bridgehead atoms. The van der Waals surface area contributed by atoms with Gasteiger partial charge in [0, 0.05) is 6.42 Å². The molecule has 74 valence electrons. The number of carbonyl (C=O) groups is 1. The third-order valence-electron chi connectivity index (χ3n) is 1.82. The molecule has 0 aromatic rings. The Morgan fingerprint density at radius 1 is 1.62 bits per heavy atom. The van der Waals surface area contributed by atoms with Gasteiger partial charge in [0.1, 0.15) is 0 Å². The molecular formula is C10H17NO2. The van der Waals surface area contributed by atoms with E-state index in [0.29, 0.717) is 6.42 Å². The minimum Gasteiger partial charge on any atom is -0.481 e. The summed E-state index contributed by atoms with van der Waals surface area (Å²) in [6.45, 7) is 2.82. The maximum atomic E-state index is 10.2. The van der Waals surface area contributed by atoms with Crippen LogP contribution in [0.5, 0.6) is 0 Å². The molecule has 2 N–H and O–H groups in total. The lowest BCUT2D eigenvalue weighted by Crippen LogP contribution is -2.27. The number of carboxylic acids is 1. The number of aliphatic carboxylic acids is 1. The summed E-state index contributed by atoms with van der Waals surface area (Å²) in [6, 6.07) is 0.129. The Balaban J connectivity index is 3.25. The van der Waals surface area contributed by atoms with Gasteiger partial charge in [-0.25, -0.2) is 0 Å². The highest BCUT2D eigenvalue weighted by atomic mass is 16.4. The Hall–Kier alpha value is -1.01. The van der Waals surface area contributed by atoms with Crippen molar-refractivity contribution in [1.82, 2.24) is 5.32 Å². The van der Waals surface area contributed by atoms with E-state index in [9.17, 15) is 4.79 Å². The Morgan fingerprint density at radius 3 is 2.77 bits per heavy atom. The lowest BCUT2D eigenvalue weighted by molar-refractivity contribution is -0.137. The Bertz CT molecular complexity index is 184. The van der Waals surface area contributed by atoms with E-state index >= 15 is 0 Å². The van der Waals surface area contributed by atoms with Gasteiger partial charge in [-0.15, -0.1) is 6.42 Å². The quantitative estimate of drug-likeness (QED) is 0.461. The van der Waals surface area contributed by atoms with Crippen molar-refractivity contribution in [2.75, 3.05) is 6.54 Å². The van der Waals surface area contributed by atoms with Crippen LogP contribution in [0.25, 0.3) is 0 Å². The van der Waals surface area contributed by atoms with Crippen molar-refractivity contribution in [3.8, 4) is 12.3 Å². The number of unbranched alkanes of at least 4 members (excludes halogenated alkanes) is 1. The van der Waals surface area contributed by atoms with Crippen molar-refractivity contribution >= 4 is 5.97 Å². The van der Waals surface area contributed by atoms with Gasteiger partial charge in [0.2, 0.25) is 0 Å².